The molecule has 8 heteroatoms. The van der Waals surface area contributed by atoms with E-state index >= 15 is 0 Å². The van der Waals surface area contributed by atoms with Crippen molar-refractivity contribution in [1.82, 2.24) is 10.6 Å². The van der Waals surface area contributed by atoms with E-state index in [0.29, 0.717) is 17.9 Å². The minimum absolute atomic E-state index is 0.0106. The first kappa shape index (κ1) is 28.2. The topological polar surface area (TPSA) is 90.8 Å². The standard InChI is InChI=1S/C21H26F2N2O.C8H8O3/c1-21(22,23)17-10-11-19(26-2)16(13-17)14-25-18-9-6-12-24-20(18)15-7-4-3-5-8-15;9-7(8(10)11)6-4-2-1-3-5-6/h3-5,7-8,10-11,13,18,20,24-25H,6,9,12,14H2,1-2H3;1-5,7,9H,(H,10,11). The lowest BCUT2D eigenvalue weighted by atomic mass is 9.92. The number of aliphatic carboxylic acids is 1. The molecule has 3 unspecified atom stereocenters. The number of ether oxygens (including phenoxy) is 1. The Bertz CT molecular complexity index is 1120. The van der Waals surface area contributed by atoms with Crippen molar-refractivity contribution >= 4 is 5.97 Å². The summed E-state index contributed by atoms with van der Waals surface area (Å²) in [4.78, 5) is 10.2. The second-order valence-electron chi connectivity index (χ2n) is 9.04. The van der Waals surface area contributed by atoms with Crippen LogP contribution in [0.2, 0.25) is 0 Å². The van der Waals surface area contributed by atoms with Crippen LogP contribution in [0.5, 0.6) is 5.75 Å². The third-order valence-electron chi connectivity index (χ3n) is 6.31. The highest BCUT2D eigenvalue weighted by Gasteiger charge is 2.27. The highest BCUT2D eigenvalue weighted by Crippen LogP contribution is 2.31. The van der Waals surface area contributed by atoms with Crippen molar-refractivity contribution in [2.75, 3.05) is 13.7 Å². The molecule has 0 saturated carbocycles. The van der Waals surface area contributed by atoms with Crippen LogP contribution in [0.1, 0.15) is 54.2 Å². The third-order valence-corrected chi connectivity index (χ3v) is 6.31. The van der Waals surface area contributed by atoms with Crippen LogP contribution >= 0.6 is 0 Å². The second kappa shape index (κ2) is 13.3. The van der Waals surface area contributed by atoms with E-state index < -0.39 is 18.0 Å². The highest BCUT2D eigenvalue weighted by atomic mass is 19.3. The number of piperidine rings is 1. The number of rotatable bonds is 8. The summed E-state index contributed by atoms with van der Waals surface area (Å²) in [6.45, 7) is 2.39. The Balaban J connectivity index is 0.000000289. The lowest BCUT2D eigenvalue weighted by Crippen LogP contribution is -2.45. The van der Waals surface area contributed by atoms with Gasteiger partial charge in [-0.25, -0.2) is 13.6 Å². The number of benzene rings is 3. The van der Waals surface area contributed by atoms with E-state index in [0.717, 1.165) is 31.9 Å². The predicted octanol–water partition coefficient (Wildman–Crippen LogP) is 5.19. The van der Waals surface area contributed by atoms with Crippen LogP contribution in [0.4, 0.5) is 8.78 Å². The van der Waals surface area contributed by atoms with Gasteiger partial charge in [0.05, 0.1) is 7.11 Å². The van der Waals surface area contributed by atoms with Gasteiger partial charge in [-0.3, -0.25) is 0 Å². The molecule has 3 atom stereocenters. The monoisotopic (exact) mass is 512 g/mol. The molecule has 0 amide bonds. The van der Waals surface area contributed by atoms with E-state index in [1.165, 1.54) is 11.6 Å². The fourth-order valence-corrected chi connectivity index (χ4v) is 4.33. The number of carboxylic acid groups (broad SMARTS) is 1. The predicted molar refractivity (Wildman–Crippen MR) is 139 cm³/mol. The average molecular weight is 513 g/mol. The van der Waals surface area contributed by atoms with Crippen LogP contribution in [-0.4, -0.2) is 35.9 Å². The van der Waals surface area contributed by atoms with E-state index in [9.17, 15) is 13.6 Å². The number of halogens is 2. The van der Waals surface area contributed by atoms with Gasteiger partial charge in [-0.2, -0.15) is 0 Å². The zero-order valence-electron chi connectivity index (χ0n) is 21.0. The lowest BCUT2D eigenvalue weighted by molar-refractivity contribution is -0.146. The quantitative estimate of drug-likeness (QED) is 0.332. The molecule has 4 N–H and O–H groups in total. The van der Waals surface area contributed by atoms with Crippen molar-refractivity contribution in [2.45, 2.75) is 50.4 Å². The molecular formula is C29H34F2N2O4. The van der Waals surface area contributed by atoms with Gasteiger partial charge in [0.15, 0.2) is 6.10 Å². The number of aliphatic hydroxyl groups is 1. The van der Waals surface area contributed by atoms with Crippen LogP contribution in [0.25, 0.3) is 0 Å². The minimum atomic E-state index is -2.86. The van der Waals surface area contributed by atoms with Crippen LogP contribution in [0, 0.1) is 0 Å². The molecular weight excluding hydrogens is 478 g/mol. The number of nitrogens with one attached hydrogen (secondary N) is 2. The van der Waals surface area contributed by atoms with E-state index in [1.807, 2.05) is 18.2 Å². The van der Waals surface area contributed by atoms with Crippen molar-refractivity contribution < 1.29 is 28.5 Å². The first-order valence-electron chi connectivity index (χ1n) is 12.2. The first-order valence-corrected chi connectivity index (χ1v) is 12.2. The van der Waals surface area contributed by atoms with E-state index in [-0.39, 0.29) is 17.6 Å². The van der Waals surface area contributed by atoms with Crippen LogP contribution < -0.4 is 15.4 Å². The molecule has 37 heavy (non-hydrogen) atoms. The molecule has 198 valence electrons. The van der Waals surface area contributed by atoms with Crippen LogP contribution in [0.3, 0.4) is 0 Å². The molecule has 1 saturated heterocycles. The summed E-state index contributed by atoms with van der Waals surface area (Å²) in [6.07, 6.45) is 0.722. The van der Waals surface area contributed by atoms with Gasteiger partial charge in [0, 0.05) is 36.7 Å². The Hall–Kier alpha value is -3.33. The Morgan fingerprint density at radius 2 is 1.76 bits per heavy atom. The Labute approximate surface area is 216 Å². The van der Waals surface area contributed by atoms with E-state index in [4.69, 9.17) is 14.9 Å². The SMILES string of the molecule is COc1ccc(C(C)(F)F)cc1CNC1CCCNC1c1ccccc1.O=C(O)C(O)c1ccccc1. The number of methoxy groups -OCH3 is 1. The maximum atomic E-state index is 13.7. The summed E-state index contributed by atoms with van der Waals surface area (Å²) in [6, 6.07) is 23.6. The van der Waals surface area contributed by atoms with Crippen molar-refractivity contribution in [3.63, 3.8) is 0 Å². The summed E-state index contributed by atoms with van der Waals surface area (Å²) >= 11 is 0. The number of alkyl halides is 2. The van der Waals surface area contributed by atoms with E-state index in [1.54, 1.807) is 49.6 Å². The Morgan fingerprint density at radius 1 is 1.11 bits per heavy atom. The maximum Gasteiger partial charge on any atom is 0.337 e. The number of hydrogen-bond acceptors (Lipinski definition) is 5. The molecule has 3 aromatic rings. The summed E-state index contributed by atoms with van der Waals surface area (Å²) in [5, 5.41) is 24.5. The van der Waals surface area contributed by atoms with E-state index in [2.05, 4.69) is 22.8 Å². The van der Waals surface area contributed by atoms with Crippen molar-refractivity contribution in [3.05, 3.63) is 101 Å². The Kier molecular flexibility index (Phi) is 10.1. The second-order valence-corrected chi connectivity index (χ2v) is 9.04. The fraction of sp³-hybridized carbons (Fsp3) is 0.345. The van der Waals surface area contributed by atoms with Gasteiger partial charge in [-0.15, -0.1) is 0 Å². The van der Waals surface area contributed by atoms with Gasteiger partial charge in [0.2, 0.25) is 0 Å². The average Bonchev–Trinajstić information content (AvgIpc) is 2.92. The van der Waals surface area contributed by atoms with Gasteiger partial charge in [-0.1, -0.05) is 60.7 Å². The fourth-order valence-electron chi connectivity index (χ4n) is 4.33. The summed E-state index contributed by atoms with van der Waals surface area (Å²) in [7, 11) is 1.57. The minimum Gasteiger partial charge on any atom is -0.496 e. The molecule has 1 heterocycles. The first-order chi connectivity index (χ1) is 17.7. The number of carbonyl (C=O) groups is 1. The van der Waals surface area contributed by atoms with Crippen molar-refractivity contribution in [3.8, 4) is 5.75 Å². The maximum absolute atomic E-state index is 13.7. The number of aliphatic hydroxyl groups excluding tert-OH is 1. The molecule has 1 fully saturated rings. The highest BCUT2D eigenvalue weighted by molar-refractivity contribution is 5.73. The molecule has 3 aromatic carbocycles. The van der Waals surface area contributed by atoms with Gasteiger partial charge < -0.3 is 25.6 Å². The molecule has 1 aliphatic heterocycles. The zero-order valence-corrected chi connectivity index (χ0v) is 21.0. The summed E-state index contributed by atoms with van der Waals surface area (Å²) in [5.41, 5.74) is 2.41. The zero-order chi connectivity index (χ0) is 26.8. The van der Waals surface area contributed by atoms with Gasteiger partial charge in [0.25, 0.3) is 5.92 Å². The normalized spacial score (nSPS) is 18.3. The largest absolute Gasteiger partial charge is 0.496 e. The number of carboxylic acids is 1. The molecule has 1 aliphatic rings. The molecule has 0 radical (unpaired) electrons. The molecule has 0 aliphatic carbocycles. The molecule has 4 rings (SSSR count). The number of hydrogen-bond donors (Lipinski definition) is 4. The van der Waals surface area contributed by atoms with Gasteiger partial charge in [0.1, 0.15) is 5.75 Å². The smallest absolute Gasteiger partial charge is 0.337 e. The van der Waals surface area contributed by atoms with Crippen LogP contribution in [0.15, 0.2) is 78.9 Å². The van der Waals surface area contributed by atoms with Crippen LogP contribution in [-0.2, 0) is 17.3 Å². The Morgan fingerprint density at radius 3 is 2.35 bits per heavy atom. The summed E-state index contributed by atoms with van der Waals surface area (Å²) in [5.74, 6) is -3.46. The third kappa shape index (κ3) is 8.08. The molecule has 0 spiro atoms. The molecule has 0 aromatic heterocycles. The molecule has 0 bridgehead atoms. The van der Waals surface area contributed by atoms with Crippen molar-refractivity contribution in [1.29, 1.82) is 0 Å². The molecule has 6 nitrogen and oxygen atoms in total. The summed E-state index contributed by atoms with van der Waals surface area (Å²) < 4.78 is 32.7. The lowest BCUT2D eigenvalue weighted by Gasteiger charge is -2.34. The van der Waals surface area contributed by atoms with Crippen molar-refractivity contribution in [2.24, 2.45) is 0 Å². The van der Waals surface area contributed by atoms with Gasteiger partial charge >= 0.3 is 5.97 Å². The van der Waals surface area contributed by atoms with Gasteiger partial charge in [-0.05, 0) is 48.7 Å².